The van der Waals surface area contributed by atoms with Gasteiger partial charge in [-0.05, 0) is 31.1 Å². The van der Waals surface area contributed by atoms with E-state index in [4.69, 9.17) is 10.1 Å². The molecule has 3 nitrogen and oxygen atoms in total. The molecular formula is C14H24N2OS. The van der Waals surface area contributed by atoms with Gasteiger partial charge in [-0.2, -0.15) is 0 Å². The first kappa shape index (κ1) is 14.0. The molecule has 0 radical (unpaired) electrons. The lowest BCUT2D eigenvalue weighted by atomic mass is 9.93. The summed E-state index contributed by atoms with van der Waals surface area (Å²) in [4.78, 5) is 6.15. The van der Waals surface area contributed by atoms with Crippen LogP contribution < -0.4 is 5.32 Å². The van der Waals surface area contributed by atoms with E-state index < -0.39 is 0 Å². The second-order valence-corrected chi connectivity index (χ2v) is 7.24. The van der Waals surface area contributed by atoms with Gasteiger partial charge in [0.05, 0.1) is 18.3 Å². The lowest BCUT2D eigenvalue weighted by Crippen LogP contribution is -2.25. The number of aromatic nitrogens is 1. The Morgan fingerprint density at radius 2 is 2.11 bits per heavy atom. The number of rotatable bonds is 5. The third-order valence-corrected chi connectivity index (χ3v) is 5.00. The van der Waals surface area contributed by atoms with E-state index >= 15 is 0 Å². The minimum absolute atomic E-state index is 0.172. The number of hydrogen-bond acceptors (Lipinski definition) is 4. The summed E-state index contributed by atoms with van der Waals surface area (Å²) in [6.45, 7) is 9.68. The summed E-state index contributed by atoms with van der Waals surface area (Å²) >= 11 is 1.84. The lowest BCUT2D eigenvalue weighted by molar-refractivity contribution is 0.280. The third kappa shape index (κ3) is 3.11. The SMILES string of the molecule is Cc1nc(C(NCCO)C2CC2)sc1C(C)(C)C. The van der Waals surface area contributed by atoms with Gasteiger partial charge in [0.1, 0.15) is 5.01 Å². The average molecular weight is 268 g/mol. The summed E-state index contributed by atoms with van der Waals surface area (Å²) in [6.07, 6.45) is 2.57. The quantitative estimate of drug-likeness (QED) is 0.863. The van der Waals surface area contributed by atoms with E-state index in [1.807, 2.05) is 11.3 Å². The summed E-state index contributed by atoms with van der Waals surface area (Å²) in [6, 6.07) is 0.344. The van der Waals surface area contributed by atoms with Crippen LogP contribution in [-0.2, 0) is 5.41 Å². The number of aliphatic hydroxyl groups is 1. The summed E-state index contributed by atoms with van der Waals surface area (Å²) in [5, 5.41) is 13.6. The molecule has 0 amide bonds. The maximum atomic E-state index is 8.97. The van der Waals surface area contributed by atoms with Crippen molar-refractivity contribution in [3.63, 3.8) is 0 Å². The molecule has 102 valence electrons. The maximum absolute atomic E-state index is 8.97. The molecule has 2 rings (SSSR count). The van der Waals surface area contributed by atoms with Gasteiger partial charge in [0.15, 0.2) is 0 Å². The van der Waals surface area contributed by atoms with Crippen LogP contribution in [0.3, 0.4) is 0 Å². The largest absolute Gasteiger partial charge is 0.395 e. The standard InChI is InChI=1S/C14H24N2OS/c1-9-12(14(2,3)4)18-13(16-9)11(10-5-6-10)15-7-8-17/h10-11,15,17H,5-8H2,1-4H3. The topological polar surface area (TPSA) is 45.2 Å². The van der Waals surface area contributed by atoms with Crippen LogP contribution >= 0.6 is 11.3 Å². The van der Waals surface area contributed by atoms with Crippen LogP contribution in [0.1, 0.15) is 55.2 Å². The minimum Gasteiger partial charge on any atom is -0.395 e. The number of aliphatic hydroxyl groups excluding tert-OH is 1. The molecule has 1 fully saturated rings. The fourth-order valence-electron chi connectivity index (χ4n) is 2.35. The van der Waals surface area contributed by atoms with E-state index in [2.05, 4.69) is 33.0 Å². The van der Waals surface area contributed by atoms with Crippen LogP contribution in [0.4, 0.5) is 0 Å². The zero-order valence-electron chi connectivity index (χ0n) is 11.8. The fraction of sp³-hybridized carbons (Fsp3) is 0.786. The molecule has 1 saturated carbocycles. The minimum atomic E-state index is 0.172. The van der Waals surface area contributed by atoms with Gasteiger partial charge in [-0.15, -0.1) is 11.3 Å². The molecule has 0 aromatic carbocycles. The molecule has 0 spiro atoms. The number of nitrogens with one attached hydrogen (secondary N) is 1. The predicted octanol–water partition coefficient (Wildman–Crippen LogP) is 2.78. The molecule has 1 aromatic rings. The molecule has 1 aliphatic carbocycles. The van der Waals surface area contributed by atoms with E-state index in [1.54, 1.807) is 0 Å². The number of thiazole rings is 1. The van der Waals surface area contributed by atoms with Gasteiger partial charge in [0.2, 0.25) is 0 Å². The van der Waals surface area contributed by atoms with E-state index in [9.17, 15) is 0 Å². The zero-order valence-corrected chi connectivity index (χ0v) is 12.6. The molecule has 1 atom stereocenters. The van der Waals surface area contributed by atoms with Gasteiger partial charge in [0, 0.05) is 11.4 Å². The first-order valence-corrected chi connectivity index (χ1v) is 7.57. The van der Waals surface area contributed by atoms with Crippen molar-refractivity contribution in [1.82, 2.24) is 10.3 Å². The van der Waals surface area contributed by atoms with Gasteiger partial charge in [-0.25, -0.2) is 4.98 Å². The first-order chi connectivity index (χ1) is 8.43. The van der Waals surface area contributed by atoms with E-state index in [1.165, 1.54) is 28.4 Å². The Morgan fingerprint density at radius 3 is 2.56 bits per heavy atom. The van der Waals surface area contributed by atoms with Crippen molar-refractivity contribution in [3.05, 3.63) is 15.6 Å². The Kier molecular flexibility index (Phi) is 4.09. The van der Waals surface area contributed by atoms with Crippen LogP contribution in [0, 0.1) is 12.8 Å². The summed E-state index contributed by atoms with van der Waals surface area (Å²) in [5.74, 6) is 0.718. The van der Waals surface area contributed by atoms with Crippen LogP contribution in [0.15, 0.2) is 0 Å². The number of nitrogens with zero attached hydrogens (tertiary/aromatic N) is 1. The fourth-order valence-corrected chi connectivity index (χ4v) is 3.65. The van der Waals surface area contributed by atoms with Crippen LogP contribution in [0.5, 0.6) is 0 Å². The van der Waals surface area contributed by atoms with E-state index in [0.29, 0.717) is 12.6 Å². The Hall–Kier alpha value is -0.450. The maximum Gasteiger partial charge on any atom is 0.110 e. The third-order valence-electron chi connectivity index (χ3n) is 3.33. The van der Waals surface area contributed by atoms with E-state index in [-0.39, 0.29) is 12.0 Å². The molecule has 0 bridgehead atoms. The smallest absolute Gasteiger partial charge is 0.110 e. The molecule has 18 heavy (non-hydrogen) atoms. The van der Waals surface area contributed by atoms with Crippen molar-refractivity contribution in [1.29, 1.82) is 0 Å². The number of hydrogen-bond donors (Lipinski definition) is 2. The predicted molar refractivity (Wildman–Crippen MR) is 76.1 cm³/mol. The van der Waals surface area contributed by atoms with Gasteiger partial charge in [0.25, 0.3) is 0 Å². The van der Waals surface area contributed by atoms with Crippen molar-refractivity contribution >= 4 is 11.3 Å². The van der Waals surface area contributed by atoms with Crippen LogP contribution in [0.25, 0.3) is 0 Å². The highest BCUT2D eigenvalue weighted by atomic mass is 32.1. The Balaban J connectivity index is 2.20. The highest BCUT2D eigenvalue weighted by Gasteiger charge is 2.35. The van der Waals surface area contributed by atoms with Gasteiger partial charge in [-0.1, -0.05) is 20.8 Å². The Bertz CT molecular complexity index is 404. The normalized spacial score (nSPS) is 18.1. The molecular weight excluding hydrogens is 244 g/mol. The highest BCUT2D eigenvalue weighted by molar-refractivity contribution is 7.12. The van der Waals surface area contributed by atoms with Crippen LogP contribution in [0.2, 0.25) is 0 Å². The van der Waals surface area contributed by atoms with Crippen molar-refractivity contribution in [3.8, 4) is 0 Å². The van der Waals surface area contributed by atoms with Crippen molar-refractivity contribution in [2.45, 2.75) is 52.0 Å². The molecule has 4 heteroatoms. The summed E-state index contributed by atoms with van der Waals surface area (Å²) in [5.41, 5.74) is 1.34. The second kappa shape index (κ2) is 5.27. The molecule has 1 unspecified atom stereocenters. The monoisotopic (exact) mass is 268 g/mol. The second-order valence-electron chi connectivity index (χ2n) is 6.21. The van der Waals surface area contributed by atoms with Gasteiger partial charge < -0.3 is 10.4 Å². The molecule has 2 N–H and O–H groups in total. The van der Waals surface area contributed by atoms with Crippen LogP contribution in [-0.4, -0.2) is 23.2 Å². The van der Waals surface area contributed by atoms with Gasteiger partial charge in [-0.3, -0.25) is 0 Å². The molecule has 0 saturated heterocycles. The molecule has 1 heterocycles. The molecule has 1 aromatic heterocycles. The summed E-state index contributed by atoms with van der Waals surface area (Å²) < 4.78 is 0. The summed E-state index contributed by atoms with van der Waals surface area (Å²) in [7, 11) is 0. The lowest BCUT2D eigenvalue weighted by Gasteiger charge is -2.17. The van der Waals surface area contributed by atoms with E-state index in [0.717, 1.165) is 5.92 Å². The average Bonchev–Trinajstić information content (AvgIpc) is 3.01. The first-order valence-electron chi connectivity index (χ1n) is 6.75. The Labute approximate surface area is 114 Å². The molecule has 1 aliphatic rings. The van der Waals surface area contributed by atoms with Crippen molar-refractivity contribution < 1.29 is 5.11 Å². The highest BCUT2D eigenvalue weighted by Crippen LogP contribution is 2.43. The van der Waals surface area contributed by atoms with Gasteiger partial charge >= 0.3 is 0 Å². The zero-order chi connectivity index (χ0) is 13.3. The van der Waals surface area contributed by atoms with Crippen molar-refractivity contribution in [2.24, 2.45) is 5.92 Å². The Morgan fingerprint density at radius 1 is 1.44 bits per heavy atom. The number of aryl methyl sites for hydroxylation is 1. The molecule has 0 aliphatic heterocycles. The van der Waals surface area contributed by atoms with Crippen molar-refractivity contribution in [2.75, 3.05) is 13.2 Å².